The summed E-state index contributed by atoms with van der Waals surface area (Å²) in [4.78, 5) is 14.1. The van der Waals surface area contributed by atoms with Gasteiger partial charge in [0.1, 0.15) is 5.75 Å². The lowest BCUT2D eigenvalue weighted by Gasteiger charge is -2.29. The van der Waals surface area contributed by atoms with Crippen molar-refractivity contribution in [1.29, 1.82) is 0 Å². The van der Waals surface area contributed by atoms with Gasteiger partial charge in [-0.2, -0.15) is 0 Å². The number of nitrogens with two attached hydrogens (primary N) is 1. The fourth-order valence-corrected chi connectivity index (χ4v) is 2.88. The van der Waals surface area contributed by atoms with E-state index in [0.29, 0.717) is 24.9 Å². The molecule has 4 heteroatoms. The summed E-state index contributed by atoms with van der Waals surface area (Å²) in [6, 6.07) is 7.86. The standard InChI is InChI=1S/C18H28N2O2/c1-12(2)10-20-17(21)9-16(19)18(20)14-5-7-15(8-6-14)22-11-13(3)4/h5-8,12-13,16,18H,9-11,19H2,1-4H3. The maximum absolute atomic E-state index is 12.2. The maximum atomic E-state index is 12.2. The van der Waals surface area contributed by atoms with Crippen molar-refractivity contribution in [3.8, 4) is 5.75 Å². The van der Waals surface area contributed by atoms with Crippen LogP contribution in [-0.2, 0) is 4.79 Å². The summed E-state index contributed by atoms with van der Waals surface area (Å²) >= 11 is 0. The molecule has 1 saturated heterocycles. The third-order valence-electron chi connectivity index (χ3n) is 3.84. The van der Waals surface area contributed by atoms with E-state index in [1.807, 2.05) is 29.2 Å². The van der Waals surface area contributed by atoms with E-state index in [2.05, 4.69) is 27.7 Å². The van der Waals surface area contributed by atoms with Gasteiger partial charge in [0.05, 0.1) is 12.6 Å². The lowest BCUT2D eigenvalue weighted by molar-refractivity contribution is -0.129. The topological polar surface area (TPSA) is 55.6 Å². The van der Waals surface area contributed by atoms with Gasteiger partial charge in [0.15, 0.2) is 0 Å². The Kier molecular flexibility index (Phi) is 5.46. The monoisotopic (exact) mass is 304 g/mol. The van der Waals surface area contributed by atoms with Crippen molar-refractivity contribution in [1.82, 2.24) is 4.90 Å². The molecule has 1 aromatic carbocycles. The highest BCUT2D eigenvalue weighted by Gasteiger charge is 2.38. The Bertz CT molecular complexity index is 496. The van der Waals surface area contributed by atoms with Gasteiger partial charge in [-0.15, -0.1) is 0 Å². The van der Waals surface area contributed by atoms with Crippen molar-refractivity contribution < 1.29 is 9.53 Å². The van der Waals surface area contributed by atoms with Gasteiger partial charge in [0.2, 0.25) is 5.91 Å². The van der Waals surface area contributed by atoms with Crippen LogP contribution < -0.4 is 10.5 Å². The lowest BCUT2D eigenvalue weighted by atomic mass is 10.00. The zero-order valence-electron chi connectivity index (χ0n) is 14.1. The molecular weight excluding hydrogens is 276 g/mol. The molecule has 1 fully saturated rings. The second-order valence-corrected chi connectivity index (χ2v) is 7.03. The van der Waals surface area contributed by atoms with Crippen LogP contribution in [0.15, 0.2) is 24.3 Å². The van der Waals surface area contributed by atoms with Gasteiger partial charge < -0.3 is 15.4 Å². The molecular formula is C18H28N2O2. The molecule has 0 aliphatic carbocycles. The zero-order chi connectivity index (χ0) is 16.3. The van der Waals surface area contributed by atoms with Crippen molar-refractivity contribution >= 4 is 5.91 Å². The molecule has 2 unspecified atom stereocenters. The van der Waals surface area contributed by atoms with E-state index < -0.39 is 0 Å². The summed E-state index contributed by atoms with van der Waals surface area (Å²) in [5, 5.41) is 0. The molecule has 0 saturated carbocycles. The Morgan fingerprint density at radius 2 is 1.82 bits per heavy atom. The Labute approximate surface area is 133 Å². The second-order valence-electron chi connectivity index (χ2n) is 7.03. The molecule has 1 amide bonds. The minimum atomic E-state index is -0.131. The van der Waals surface area contributed by atoms with E-state index in [1.165, 1.54) is 0 Å². The molecule has 1 aliphatic heterocycles. The predicted octanol–water partition coefficient (Wildman–Crippen LogP) is 2.98. The van der Waals surface area contributed by atoms with Crippen LogP contribution in [0, 0.1) is 11.8 Å². The number of hydrogen-bond donors (Lipinski definition) is 1. The van der Waals surface area contributed by atoms with E-state index in [0.717, 1.165) is 17.9 Å². The molecule has 0 spiro atoms. The Hall–Kier alpha value is -1.55. The highest BCUT2D eigenvalue weighted by atomic mass is 16.5. The number of nitrogens with zero attached hydrogens (tertiary/aromatic N) is 1. The van der Waals surface area contributed by atoms with E-state index in [-0.39, 0.29) is 18.0 Å². The van der Waals surface area contributed by atoms with E-state index in [9.17, 15) is 4.79 Å². The average molecular weight is 304 g/mol. The van der Waals surface area contributed by atoms with Gasteiger partial charge in [-0.25, -0.2) is 0 Å². The van der Waals surface area contributed by atoms with Gasteiger partial charge in [0.25, 0.3) is 0 Å². The van der Waals surface area contributed by atoms with Crippen LogP contribution in [0.3, 0.4) is 0 Å². The third kappa shape index (κ3) is 4.01. The quantitative estimate of drug-likeness (QED) is 0.879. The van der Waals surface area contributed by atoms with E-state index in [1.54, 1.807) is 0 Å². The number of benzene rings is 1. The summed E-state index contributed by atoms with van der Waals surface area (Å²) in [6.07, 6.45) is 0.434. The minimum Gasteiger partial charge on any atom is -0.493 e. The fourth-order valence-electron chi connectivity index (χ4n) is 2.88. The summed E-state index contributed by atoms with van der Waals surface area (Å²) < 4.78 is 5.71. The maximum Gasteiger partial charge on any atom is 0.224 e. The first kappa shape index (κ1) is 16.8. The second kappa shape index (κ2) is 7.14. The molecule has 0 radical (unpaired) electrons. The summed E-state index contributed by atoms with van der Waals surface area (Å²) in [6.45, 7) is 9.96. The zero-order valence-corrected chi connectivity index (χ0v) is 14.1. The number of carbonyl (C=O) groups is 1. The first-order valence-electron chi connectivity index (χ1n) is 8.16. The Balaban J connectivity index is 2.12. The highest BCUT2D eigenvalue weighted by Crippen LogP contribution is 2.33. The normalized spacial score (nSPS) is 22.0. The van der Waals surface area contributed by atoms with Crippen LogP contribution in [-0.4, -0.2) is 30.0 Å². The molecule has 122 valence electrons. The average Bonchev–Trinajstić information content (AvgIpc) is 2.71. The number of ether oxygens (including phenoxy) is 1. The van der Waals surface area contributed by atoms with E-state index >= 15 is 0 Å². The molecule has 1 aromatic rings. The Morgan fingerprint density at radius 1 is 1.18 bits per heavy atom. The summed E-state index contributed by atoms with van der Waals surface area (Å²) in [5.41, 5.74) is 7.30. The number of hydrogen-bond acceptors (Lipinski definition) is 3. The molecule has 2 N–H and O–H groups in total. The van der Waals surface area contributed by atoms with Crippen molar-refractivity contribution in [2.75, 3.05) is 13.2 Å². The van der Waals surface area contributed by atoms with Crippen LogP contribution in [0.1, 0.15) is 45.7 Å². The van der Waals surface area contributed by atoms with E-state index in [4.69, 9.17) is 10.5 Å². The lowest BCUT2D eigenvalue weighted by Crippen LogP contribution is -2.35. The number of amides is 1. The SMILES string of the molecule is CC(C)COc1ccc(C2C(N)CC(=O)N2CC(C)C)cc1. The van der Waals surface area contributed by atoms with Crippen LogP contribution >= 0.6 is 0 Å². The minimum absolute atomic E-state index is 0.0194. The predicted molar refractivity (Wildman–Crippen MR) is 88.7 cm³/mol. The van der Waals surface area contributed by atoms with Crippen LogP contribution in [0.5, 0.6) is 5.75 Å². The molecule has 2 rings (SSSR count). The number of carbonyl (C=O) groups excluding carboxylic acids is 1. The number of likely N-dealkylation sites (tertiary alicyclic amines) is 1. The largest absolute Gasteiger partial charge is 0.493 e. The summed E-state index contributed by atoms with van der Waals surface area (Å²) in [7, 11) is 0. The van der Waals surface area contributed by atoms with Crippen molar-refractivity contribution in [2.24, 2.45) is 17.6 Å². The fraction of sp³-hybridized carbons (Fsp3) is 0.611. The molecule has 0 bridgehead atoms. The summed E-state index contributed by atoms with van der Waals surface area (Å²) in [5.74, 6) is 1.96. The molecule has 1 aliphatic rings. The molecule has 1 heterocycles. The highest BCUT2D eigenvalue weighted by molar-refractivity contribution is 5.80. The van der Waals surface area contributed by atoms with Gasteiger partial charge in [-0.05, 0) is 29.5 Å². The first-order chi connectivity index (χ1) is 10.4. The van der Waals surface area contributed by atoms with Gasteiger partial charge >= 0.3 is 0 Å². The van der Waals surface area contributed by atoms with Crippen molar-refractivity contribution in [2.45, 2.75) is 46.2 Å². The molecule has 22 heavy (non-hydrogen) atoms. The van der Waals surface area contributed by atoms with Crippen LogP contribution in [0.2, 0.25) is 0 Å². The number of rotatable bonds is 6. The van der Waals surface area contributed by atoms with Crippen molar-refractivity contribution in [3.05, 3.63) is 29.8 Å². The van der Waals surface area contributed by atoms with Gasteiger partial charge in [-0.1, -0.05) is 39.8 Å². The van der Waals surface area contributed by atoms with Crippen LogP contribution in [0.4, 0.5) is 0 Å². The molecule has 2 atom stereocenters. The van der Waals surface area contributed by atoms with Gasteiger partial charge in [-0.3, -0.25) is 4.79 Å². The molecule has 0 aromatic heterocycles. The van der Waals surface area contributed by atoms with Crippen LogP contribution in [0.25, 0.3) is 0 Å². The van der Waals surface area contributed by atoms with Gasteiger partial charge in [0, 0.05) is 19.0 Å². The first-order valence-corrected chi connectivity index (χ1v) is 8.16. The third-order valence-corrected chi connectivity index (χ3v) is 3.84. The Morgan fingerprint density at radius 3 is 2.36 bits per heavy atom. The smallest absolute Gasteiger partial charge is 0.224 e. The molecule has 4 nitrogen and oxygen atoms in total. The van der Waals surface area contributed by atoms with Crippen molar-refractivity contribution in [3.63, 3.8) is 0 Å².